The summed E-state index contributed by atoms with van der Waals surface area (Å²) in [5.74, 6) is 2.02. The van der Waals surface area contributed by atoms with Crippen LogP contribution in [0, 0.1) is 23.2 Å². The highest BCUT2D eigenvalue weighted by Gasteiger charge is 2.50. The van der Waals surface area contributed by atoms with Crippen LogP contribution in [-0.4, -0.2) is 35.1 Å². The number of rotatable bonds is 8. The SMILES string of the molecule is O=C(O)COc1ccc(Sc2ncccc2C(=O)NCC23CC4CC(CC(C4)C2)C3)cc1. The van der Waals surface area contributed by atoms with Crippen molar-refractivity contribution < 1.29 is 19.4 Å². The maximum atomic E-state index is 13.1. The Labute approximate surface area is 192 Å². The Hall–Kier alpha value is -2.54. The molecule has 4 bridgehead atoms. The van der Waals surface area contributed by atoms with Crippen LogP contribution >= 0.6 is 11.8 Å². The largest absolute Gasteiger partial charge is 0.482 e. The number of carbonyl (C=O) groups is 2. The first kappa shape index (κ1) is 21.3. The fourth-order valence-corrected chi connectivity index (χ4v) is 7.25. The lowest BCUT2D eigenvalue weighted by Gasteiger charge is -2.56. The quantitative estimate of drug-likeness (QED) is 0.607. The predicted octanol–water partition coefficient (Wildman–Crippen LogP) is 4.64. The van der Waals surface area contributed by atoms with Crippen LogP contribution in [0.1, 0.15) is 48.9 Å². The van der Waals surface area contributed by atoms with Crippen molar-refractivity contribution >= 4 is 23.6 Å². The van der Waals surface area contributed by atoms with Crippen LogP contribution in [0.4, 0.5) is 0 Å². The molecule has 4 fully saturated rings. The first-order chi connectivity index (χ1) is 15.5. The minimum atomic E-state index is -1.01. The van der Waals surface area contributed by atoms with E-state index in [-0.39, 0.29) is 12.5 Å². The molecule has 2 aromatic rings. The number of benzene rings is 1. The lowest BCUT2D eigenvalue weighted by atomic mass is 9.49. The summed E-state index contributed by atoms with van der Waals surface area (Å²) in [4.78, 5) is 29.1. The Balaban J connectivity index is 1.23. The number of ether oxygens (including phenoxy) is 1. The third-order valence-corrected chi connectivity index (χ3v) is 8.23. The zero-order chi connectivity index (χ0) is 22.1. The molecule has 0 aliphatic heterocycles. The van der Waals surface area contributed by atoms with Crippen LogP contribution in [0.25, 0.3) is 0 Å². The molecule has 0 saturated heterocycles. The number of carboxylic acids is 1. The van der Waals surface area contributed by atoms with Gasteiger partial charge in [-0.3, -0.25) is 4.79 Å². The molecule has 4 aliphatic rings. The predicted molar refractivity (Wildman–Crippen MR) is 121 cm³/mol. The highest BCUT2D eigenvalue weighted by molar-refractivity contribution is 7.99. The molecule has 1 heterocycles. The lowest BCUT2D eigenvalue weighted by Crippen LogP contribution is -2.51. The van der Waals surface area contributed by atoms with Crippen LogP contribution in [0.15, 0.2) is 52.5 Å². The second-order valence-electron chi connectivity index (χ2n) is 9.71. The summed E-state index contributed by atoms with van der Waals surface area (Å²) in [5, 5.41) is 12.6. The summed E-state index contributed by atoms with van der Waals surface area (Å²) in [7, 11) is 0. The highest BCUT2D eigenvalue weighted by Crippen LogP contribution is 2.59. The van der Waals surface area contributed by atoms with E-state index in [2.05, 4.69) is 10.3 Å². The van der Waals surface area contributed by atoms with Gasteiger partial charge in [0.1, 0.15) is 10.8 Å². The summed E-state index contributed by atoms with van der Waals surface area (Å²) in [6.07, 6.45) is 9.70. The molecule has 1 aromatic carbocycles. The van der Waals surface area contributed by atoms with E-state index in [4.69, 9.17) is 9.84 Å². The van der Waals surface area contributed by atoms with Gasteiger partial charge in [0.25, 0.3) is 5.91 Å². The molecular formula is C25H28N2O4S. The van der Waals surface area contributed by atoms with Crippen molar-refractivity contribution in [2.45, 2.75) is 48.4 Å². The van der Waals surface area contributed by atoms with E-state index in [1.807, 2.05) is 18.2 Å². The van der Waals surface area contributed by atoms with E-state index in [0.29, 0.717) is 21.8 Å². The molecule has 6 rings (SSSR count). The third-order valence-electron chi connectivity index (χ3n) is 7.21. The smallest absolute Gasteiger partial charge is 0.341 e. The molecule has 2 N–H and O–H groups in total. The second-order valence-corrected chi connectivity index (χ2v) is 10.8. The minimum absolute atomic E-state index is 0.0576. The number of hydrogen-bond acceptors (Lipinski definition) is 5. The van der Waals surface area contributed by atoms with E-state index in [0.717, 1.165) is 29.2 Å². The maximum absolute atomic E-state index is 13.1. The Kier molecular flexibility index (Phi) is 5.84. The topological polar surface area (TPSA) is 88.5 Å². The minimum Gasteiger partial charge on any atom is -0.482 e. The second kappa shape index (κ2) is 8.77. The van der Waals surface area contributed by atoms with E-state index in [9.17, 15) is 9.59 Å². The van der Waals surface area contributed by atoms with E-state index in [1.54, 1.807) is 24.4 Å². The van der Waals surface area contributed by atoms with Crippen molar-refractivity contribution in [3.8, 4) is 5.75 Å². The van der Waals surface area contributed by atoms with Crippen LogP contribution in [0.5, 0.6) is 5.75 Å². The summed E-state index contributed by atoms with van der Waals surface area (Å²) in [5.41, 5.74) is 0.888. The van der Waals surface area contributed by atoms with Gasteiger partial charge < -0.3 is 15.2 Å². The van der Waals surface area contributed by atoms with Gasteiger partial charge in [-0.25, -0.2) is 9.78 Å². The number of nitrogens with zero attached hydrogens (tertiary/aromatic N) is 1. The molecule has 0 radical (unpaired) electrons. The number of aromatic nitrogens is 1. The summed E-state index contributed by atoms with van der Waals surface area (Å²) in [6.45, 7) is 0.394. The van der Waals surface area contributed by atoms with Gasteiger partial charge in [0, 0.05) is 17.6 Å². The molecule has 1 aromatic heterocycles. The molecule has 0 unspecified atom stereocenters. The van der Waals surface area contributed by atoms with Crippen LogP contribution in [-0.2, 0) is 4.79 Å². The number of carboxylic acid groups (broad SMARTS) is 1. The number of amides is 1. The Morgan fingerprint density at radius 1 is 1.06 bits per heavy atom. The molecule has 7 heteroatoms. The zero-order valence-corrected chi connectivity index (χ0v) is 18.8. The highest BCUT2D eigenvalue weighted by atomic mass is 32.2. The number of carbonyl (C=O) groups excluding carboxylic acids is 1. The first-order valence-electron chi connectivity index (χ1n) is 11.3. The van der Waals surface area contributed by atoms with Gasteiger partial charge in [0.2, 0.25) is 0 Å². The monoisotopic (exact) mass is 452 g/mol. The Morgan fingerprint density at radius 3 is 2.34 bits per heavy atom. The number of pyridine rings is 1. The van der Waals surface area contributed by atoms with Crippen molar-refractivity contribution in [1.82, 2.24) is 10.3 Å². The van der Waals surface area contributed by atoms with E-state index < -0.39 is 5.97 Å². The number of nitrogens with one attached hydrogen (secondary N) is 1. The van der Waals surface area contributed by atoms with Gasteiger partial charge in [-0.15, -0.1) is 0 Å². The molecule has 6 nitrogen and oxygen atoms in total. The van der Waals surface area contributed by atoms with Gasteiger partial charge in [-0.05, 0) is 98.1 Å². The summed E-state index contributed by atoms with van der Waals surface area (Å²) in [6, 6.07) is 10.8. The molecule has 4 aliphatic carbocycles. The summed E-state index contributed by atoms with van der Waals surface area (Å²) < 4.78 is 5.18. The average molecular weight is 453 g/mol. The van der Waals surface area contributed by atoms with Gasteiger partial charge in [0.05, 0.1) is 5.56 Å². The maximum Gasteiger partial charge on any atom is 0.341 e. The molecule has 32 heavy (non-hydrogen) atoms. The normalized spacial score (nSPS) is 27.8. The molecule has 168 valence electrons. The van der Waals surface area contributed by atoms with Crippen molar-refractivity contribution in [3.05, 3.63) is 48.2 Å². The first-order valence-corrected chi connectivity index (χ1v) is 12.2. The molecule has 0 spiro atoms. The summed E-state index contributed by atoms with van der Waals surface area (Å²) >= 11 is 1.42. The molecule has 0 atom stereocenters. The third kappa shape index (κ3) is 4.63. The van der Waals surface area contributed by atoms with Crippen LogP contribution in [0.2, 0.25) is 0 Å². The van der Waals surface area contributed by atoms with Crippen molar-refractivity contribution in [2.75, 3.05) is 13.2 Å². The number of hydrogen-bond donors (Lipinski definition) is 2. The van der Waals surface area contributed by atoms with Crippen molar-refractivity contribution in [3.63, 3.8) is 0 Å². The van der Waals surface area contributed by atoms with Crippen LogP contribution in [0.3, 0.4) is 0 Å². The standard InChI is InChI=1S/C25H28N2O4S/c28-22(29)14-31-19-3-5-20(6-4-19)32-24-21(2-1-7-26-24)23(30)27-15-25-11-16-8-17(12-25)10-18(9-16)13-25/h1-7,16-18H,8-15H2,(H,27,30)(H,28,29). The number of aliphatic carboxylic acids is 1. The lowest BCUT2D eigenvalue weighted by molar-refractivity contribution is -0.139. The van der Waals surface area contributed by atoms with Gasteiger partial charge in [-0.2, -0.15) is 0 Å². The van der Waals surface area contributed by atoms with Gasteiger partial charge in [0.15, 0.2) is 6.61 Å². The fraction of sp³-hybridized carbons (Fsp3) is 0.480. The Morgan fingerprint density at radius 2 is 1.72 bits per heavy atom. The molecule has 1 amide bonds. The zero-order valence-electron chi connectivity index (χ0n) is 18.0. The fourth-order valence-electron chi connectivity index (χ4n) is 6.38. The van der Waals surface area contributed by atoms with E-state index in [1.165, 1.54) is 50.3 Å². The van der Waals surface area contributed by atoms with E-state index >= 15 is 0 Å². The molecule has 4 saturated carbocycles. The van der Waals surface area contributed by atoms with Crippen LogP contribution < -0.4 is 10.1 Å². The van der Waals surface area contributed by atoms with Gasteiger partial charge in [-0.1, -0.05) is 11.8 Å². The molecular weight excluding hydrogens is 424 g/mol. The van der Waals surface area contributed by atoms with Gasteiger partial charge >= 0.3 is 5.97 Å². The average Bonchev–Trinajstić information content (AvgIpc) is 2.76. The Bertz CT molecular complexity index is 972. The van der Waals surface area contributed by atoms with Crippen molar-refractivity contribution in [2.24, 2.45) is 23.2 Å². The van der Waals surface area contributed by atoms with Crippen molar-refractivity contribution in [1.29, 1.82) is 0 Å².